The zero-order valence-corrected chi connectivity index (χ0v) is 12.3. The number of anilines is 1. The zero-order chi connectivity index (χ0) is 15.6. The fourth-order valence-corrected chi connectivity index (χ4v) is 2.16. The molecule has 0 saturated carbocycles. The first kappa shape index (κ1) is 16.8. The van der Waals surface area contributed by atoms with Crippen molar-refractivity contribution in [2.45, 2.75) is 31.2 Å². The molecule has 0 aromatic heterocycles. The summed E-state index contributed by atoms with van der Waals surface area (Å²) >= 11 is 0. The van der Waals surface area contributed by atoms with E-state index in [9.17, 15) is 21.6 Å². The van der Waals surface area contributed by atoms with Crippen molar-refractivity contribution in [3.8, 4) is 0 Å². The smallest absolute Gasteiger partial charge is 0.385 e. The van der Waals surface area contributed by atoms with Gasteiger partial charge in [-0.15, -0.1) is 0 Å². The quantitative estimate of drug-likeness (QED) is 0.902. The van der Waals surface area contributed by atoms with Crippen LogP contribution in [0.2, 0.25) is 0 Å². The third kappa shape index (κ3) is 3.88. The molecule has 0 amide bonds. The fraction of sp³-hybridized carbons (Fsp3) is 0.538. The summed E-state index contributed by atoms with van der Waals surface area (Å²) in [7, 11) is -5.27. The molecule has 20 heavy (non-hydrogen) atoms. The molecular formula is C13H18F3NO2S. The Morgan fingerprint density at radius 3 is 2.00 bits per heavy atom. The molecule has 7 heteroatoms. The van der Waals surface area contributed by atoms with Crippen LogP contribution in [0.25, 0.3) is 0 Å². The van der Waals surface area contributed by atoms with Gasteiger partial charge in [0.2, 0.25) is 0 Å². The van der Waals surface area contributed by atoms with Crippen LogP contribution < -0.4 is 5.32 Å². The molecule has 0 aliphatic heterocycles. The molecule has 114 valence electrons. The third-order valence-corrected chi connectivity index (χ3v) is 4.74. The lowest BCUT2D eigenvalue weighted by Gasteiger charge is -2.17. The number of sulfone groups is 1. The normalized spacial score (nSPS) is 14.3. The highest BCUT2D eigenvalue weighted by Gasteiger charge is 2.46. The molecular weight excluding hydrogens is 291 g/mol. The summed E-state index contributed by atoms with van der Waals surface area (Å²) in [4.78, 5) is -0.743. The molecule has 1 atom stereocenters. The van der Waals surface area contributed by atoms with E-state index in [0.717, 1.165) is 12.1 Å². The van der Waals surface area contributed by atoms with Gasteiger partial charge in [-0.2, -0.15) is 13.2 Å². The SMILES string of the molecule is CC(C)C(C)CNc1ccc(S(=O)(=O)C(F)(F)F)cc1. The Kier molecular flexibility index (Phi) is 5.07. The molecule has 1 N–H and O–H groups in total. The number of hydrogen-bond donors (Lipinski definition) is 1. The van der Waals surface area contributed by atoms with Crippen LogP contribution >= 0.6 is 0 Å². The number of nitrogens with one attached hydrogen (secondary N) is 1. The van der Waals surface area contributed by atoms with E-state index >= 15 is 0 Å². The van der Waals surface area contributed by atoms with E-state index in [-0.39, 0.29) is 0 Å². The van der Waals surface area contributed by atoms with Crippen molar-refractivity contribution in [3.63, 3.8) is 0 Å². The van der Waals surface area contributed by atoms with Crippen molar-refractivity contribution in [1.29, 1.82) is 0 Å². The standard InChI is InChI=1S/C13H18F3NO2S/c1-9(2)10(3)8-17-11-4-6-12(7-5-11)20(18,19)13(14,15)16/h4-7,9-10,17H,8H2,1-3H3. The second-order valence-electron chi connectivity index (χ2n) is 5.08. The molecule has 3 nitrogen and oxygen atoms in total. The Morgan fingerprint density at radius 1 is 1.10 bits per heavy atom. The van der Waals surface area contributed by atoms with E-state index in [0.29, 0.717) is 24.1 Å². The second-order valence-corrected chi connectivity index (χ2v) is 7.02. The van der Waals surface area contributed by atoms with Crippen LogP contribution in [-0.4, -0.2) is 20.5 Å². The Labute approximate surface area is 117 Å². The molecule has 0 fully saturated rings. The summed E-state index contributed by atoms with van der Waals surface area (Å²) in [5, 5.41) is 3.07. The molecule has 1 unspecified atom stereocenters. The minimum Gasteiger partial charge on any atom is -0.385 e. The van der Waals surface area contributed by atoms with E-state index in [2.05, 4.69) is 26.1 Å². The first-order valence-electron chi connectivity index (χ1n) is 6.21. The van der Waals surface area contributed by atoms with Crippen molar-refractivity contribution in [2.75, 3.05) is 11.9 Å². The molecule has 0 bridgehead atoms. The summed E-state index contributed by atoms with van der Waals surface area (Å²) < 4.78 is 59.4. The maximum atomic E-state index is 12.4. The van der Waals surface area contributed by atoms with E-state index in [4.69, 9.17) is 0 Å². The van der Waals surface area contributed by atoms with Crippen LogP contribution in [0.1, 0.15) is 20.8 Å². The molecule has 0 heterocycles. The van der Waals surface area contributed by atoms with Gasteiger partial charge >= 0.3 is 5.51 Å². The molecule has 0 aliphatic carbocycles. The molecule has 0 radical (unpaired) electrons. The lowest BCUT2D eigenvalue weighted by Crippen LogP contribution is -2.23. The van der Waals surface area contributed by atoms with Crippen molar-refractivity contribution in [1.82, 2.24) is 0 Å². The molecule has 0 aliphatic rings. The van der Waals surface area contributed by atoms with Crippen molar-refractivity contribution in [3.05, 3.63) is 24.3 Å². The van der Waals surface area contributed by atoms with Gasteiger partial charge in [0.05, 0.1) is 4.90 Å². The van der Waals surface area contributed by atoms with Gasteiger partial charge in [-0.3, -0.25) is 0 Å². The van der Waals surface area contributed by atoms with Gasteiger partial charge in [-0.05, 0) is 36.1 Å². The van der Waals surface area contributed by atoms with Gasteiger partial charge in [0.25, 0.3) is 9.84 Å². The predicted octanol–water partition coefficient (Wildman–Crippen LogP) is 3.68. The van der Waals surface area contributed by atoms with Crippen molar-refractivity contribution in [2.24, 2.45) is 11.8 Å². The highest BCUT2D eigenvalue weighted by molar-refractivity contribution is 7.92. The molecule has 1 aromatic rings. The number of alkyl halides is 3. The van der Waals surface area contributed by atoms with E-state index < -0.39 is 20.2 Å². The predicted molar refractivity (Wildman–Crippen MR) is 72.2 cm³/mol. The van der Waals surface area contributed by atoms with Crippen LogP contribution in [0.3, 0.4) is 0 Å². The Hall–Kier alpha value is -1.24. The van der Waals surface area contributed by atoms with E-state index in [1.165, 1.54) is 12.1 Å². The van der Waals surface area contributed by atoms with Gasteiger partial charge in [-0.1, -0.05) is 20.8 Å². The Balaban J connectivity index is 2.80. The van der Waals surface area contributed by atoms with Gasteiger partial charge in [-0.25, -0.2) is 8.42 Å². The maximum Gasteiger partial charge on any atom is 0.501 e. The summed E-state index contributed by atoms with van der Waals surface area (Å²) in [6.07, 6.45) is 0. The number of benzene rings is 1. The summed E-state index contributed by atoms with van der Waals surface area (Å²) in [5.41, 5.74) is -4.67. The van der Waals surface area contributed by atoms with Crippen molar-refractivity contribution >= 4 is 15.5 Å². The van der Waals surface area contributed by atoms with Gasteiger partial charge < -0.3 is 5.32 Å². The van der Waals surface area contributed by atoms with Crippen LogP contribution in [0.5, 0.6) is 0 Å². The Bertz CT molecular complexity index is 536. The minimum absolute atomic E-state index is 0.397. The first-order chi connectivity index (χ1) is 9.05. The number of rotatable bonds is 5. The van der Waals surface area contributed by atoms with Gasteiger partial charge in [0, 0.05) is 12.2 Å². The lowest BCUT2D eigenvalue weighted by molar-refractivity contribution is -0.0436. The van der Waals surface area contributed by atoms with E-state index in [1.54, 1.807) is 0 Å². The minimum atomic E-state index is -5.27. The van der Waals surface area contributed by atoms with Crippen LogP contribution in [-0.2, 0) is 9.84 Å². The zero-order valence-electron chi connectivity index (χ0n) is 11.5. The summed E-state index contributed by atoms with van der Waals surface area (Å²) in [6, 6.07) is 4.60. The number of halogens is 3. The Morgan fingerprint density at radius 2 is 1.60 bits per heavy atom. The molecule has 0 saturated heterocycles. The van der Waals surface area contributed by atoms with Gasteiger partial charge in [0.15, 0.2) is 0 Å². The van der Waals surface area contributed by atoms with Crippen LogP contribution in [0.4, 0.5) is 18.9 Å². The highest BCUT2D eigenvalue weighted by atomic mass is 32.2. The second kappa shape index (κ2) is 6.03. The van der Waals surface area contributed by atoms with Crippen LogP contribution in [0.15, 0.2) is 29.2 Å². The number of hydrogen-bond acceptors (Lipinski definition) is 3. The highest BCUT2D eigenvalue weighted by Crippen LogP contribution is 2.30. The topological polar surface area (TPSA) is 46.2 Å². The summed E-state index contributed by atoms with van der Waals surface area (Å²) in [5.74, 6) is 0.876. The average Bonchev–Trinajstić information content (AvgIpc) is 2.34. The lowest BCUT2D eigenvalue weighted by atomic mass is 9.98. The maximum absolute atomic E-state index is 12.4. The monoisotopic (exact) mass is 309 g/mol. The van der Waals surface area contributed by atoms with Crippen molar-refractivity contribution < 1.29 is 21.6 Å². The van der Waals surface area contributed by atoms with Gasteiger partial charge in [0.1, 0.15) is 0 Å². The average molecular weight is 309 g/mol. The fourth-order valence-electron chi connectivity index (χ4n) is 1.40. The molecule has 0 spiro atoms. The van der Waals surface area contributed by atoms with Crippen LogP contribution in [0, 0.1) is 11.8 Å². The summed E-state index contributed by atoms with van der Waals surface area (Å²) in [6.45, 7) is 6.87. The molecule has 1 aromatic carbocycles. The van der Waals surface area contributed by atoms with E-state index in [1.807, 2.05) is 0 Å². The molecule has 1 rings (SSSR count). The largest absolute Gasteiger partial charge is 0.501 e. The third-order valence-electron chi connectivity index (χ3n) is 3.24. The first-order valence-corrected chi connectivity index (χ1v) is 7.69.